The summed E-state index contributed by atoms with van der Waals surface area (Å²) in [6.45, 7) is 0. The topological polar surface area (TPSA) is 0 Å². The minimum absolute atomic E-state index is 0. The van der Waals surface area contributed by atoms with Crippen molar-refractivity contribution in [3.05, 3.63) is 254 Å². The van der Waals surface area contributed by atoms with Crippen molar-refractivity contribution >= 4 is 80.2 Å². The van der Waals surface area contributed by atoms with Crippen LogP contribution in [0.5, 0.6) is 0 Å². The molecule has 0 atom stereocenters. The second-order valence-electron chi connectivity index (χ2n) is 14.2. The van der Waals surface area contributed by atoms with Gasteiger partial charge in [-0.2, -0.15) is 0 Å². The molecule has 10 aromatic carbocycles. The predicted molar refractivity (Wildman–Crippen MR) is 261 cm³/mol. The molecule has 0 aliphatic carbocycles. The summed E-state index contributed by atoms with van der Waals surface area (Å²) in [5, 5.41) is 15.0. The molecule has 0 aromatic heterocycles. The average Bonchev–Trinajstić information content (AvgIpc) is 3.32. The van der Waals surface area contributed by atoms with E-state index in [1.54, 1.807) is 0 Å². The molecule has 10 aromatic rings. The van der Waals surface area contributed by atoms with Gasteiger partial charge in [0.05, 0.1) is 0 Å². The van der Waals surface area contributed by atoms with Gasteiger partial charge in [-0.15, -0.1) is 11.1 Å². The van der Waals surface area contributed by atoms with Crippen LogP contribution in [-0.4, -0.2) is 5.90 Å². The van der Waals surface area contributed by atoms with Crippen LogP contribution in [0.1, 0.15) is 11.1 Å². The van der Waals surface area contributed by atoms with Crippen molar-refractivity contribution in [2.45, 2.75) is 0 Å². The first kappa shape index (κ1) is 45.2. The fraction of sp³-hybridized carbons (Fsp3) is 0.0175. The number of benzene rings is 10. The largest absolute Gasteiger partial charge is 1.00 e. The quantitative estimate of drug-likeness (QED) is 0.0512. The van der Waals surface area contributed by atoms with Crippen LogP contribution in [0.2, 0.25) is 0 Å². The fourth-order valence-electron chi connectivity index (χ4n) is 7.77. The standard InChI is InChI=1S/C25H22P2.2C16H9.Ag.Au/c1-5-13-22(14-6-1)26(23-15-7-2-8-16-23)21-27(24-17-9-3-10-18-24)25-19-11-4-12-20-25;2*1-2-14-15-9-5-3-7-12(15)11-13-8-4-6-10-16(13)14;;/h1-20H,21H2;2*3-11H;;/q;2*-1;2*+1/p+2. The molecule has 0 spiro atoms. The molecular formula is C57H42AgAuP2+2. The van der Waals surface area contributed by atoms with Crippen LogP contribution < -0.4 is 21.2 Å². The molecule has 10 rings (SSSR count). The molecule has 0 fully saturated rings. The van der Waals surface area contributed by atoms with Gasteiger partial charge in [0.15, 0.2) is 5.90 Å². The third-order valence-electron chi connectivity index (χ3n) is 10.6. The van der Waals surface area contributed by atoms with Gasteiger partial charge < -0.3 is 12.8 Å². The minimum atomic E-state index is -0.847. The van der Waals surface area contributed by atoms with Gasteiger partial charge in [-0.05, 0) is 82.2 Å². The molecule has 0 saturated heterocycles. The van der Waals surface area contributed by atoms with Gasteiger partial charge in [0, 0.05) is 0 Å². The van der Waals surface area contributed by atoms with Crippen LogP contribution in [0.3, 0.4) is 0 Å². The van der Waals surface area contributed by atoms with Crippen LogP contribution in [0.15, 0.2) is 231 Å². The first-order valence-electron chi connectivity index (χ1n) is 19.8. The third-order valence-corrected chi connectivity index (χ3v) is 17.6. The molecule has 0 radical (unpaired) electrons. The Kier molecular flexibility index (Phi) is 16.7. The zero-order valence-corrected chi connectivity index (χ0v) is 38.9. The molecule has 61 heavy (non-hydrogen) atoms. The summed E-state index contributed by atoms with van der Waals surface area (Å²) >= 11 is 0. The van der Waals surface area contributed by atoms with E-state index in [1.807, 2.05) is 72.8 Å². The maximum Gasteiger partial charge on any atom is 1.00 e. The summed E-state index contributed by atoms with van der Waals surface area (Å²) in [7, 11) is -1.69. The smallest absolute Gasteiger partial charge is 0.366 e. The Labute approximate surface area is 394 Å². The molecule has 0 amide bonds. The SMILES string of the molecule is [Ag+].[Au+].[C-]#Cc1c2ccccc2cc2ccccc12.[C-]#Cc1c2ccccc2cc2ccccc12.c1ccc([PH+](C[PH+](c2ccccc2)c2ccccc2)c2ccccc2)cc1. The number of hydrogen-bond donors (Lipinski definition) is 0. The summed E-state index contributed by atoms with van der Waals surface area (Å²) in [6.07, 6.45) is 14.9. The number of fused-ring (bicyclic) bond motifs is 4. The Hall–Kier alpha value is -5.30. The Balaban J connectivity index is 0.000000159. The molecule has 0 unspecified atom stereocenters. The first-order chi connectivity index (χ1) is 29.2. The summed E-state index contributed by atoms with van der Waals surface area (Å²) in [5.74, 6) is 6.37. The number of hydrogen-bond acceptors (Lipinski definition) is 0. The predicted octanol–water partition coefficient (Wildman–Crippen LogP) is 12.5. The van der Waals surface area contributed by atoms with E-state index < -0.39 is 15.8 Å². The van der Waals surface area contributed by atoms with Gasteiger partial charge in [-0.1, -0.05) is 191 Å². The van der Waals surface area contributed by atoms with Crippen molar-refractivity contribution in [1.29, 1.82) is 0 Å². The Morgan fingerprint density at radius 2 is 0.525 bits per heavy atom. The zero-order chi connectivity index (χ0) is 40.2. The van der Waals surface area contributed by atoms with Crippen LogP contribution in [0, 0.1) is 24.7 Å². The van der Waals surface area contributed by atoms with Crippen LogP contribution in [0.25, 0.3) is 43.1 Å². The molecular weight excluding hydrogens is 1050 g/mol. The molecule has 0 heterocycles. The van der Waals surface area contributed by atoms with Gasteiger partial charge in [0.2, 0.25) is 0 Å². The Morgan fingerprint density at radius 3 is 0.754 bits per heavy atom. The normalized spacial score (nSPS) is 10.4. The van der Waals surface area contributed by atoms with Gasteiger partial charge in [-0.3, -0.25) is 11.8 Å². The van der Waals surface area contributed by atoms with Crippen molar-refractivity contribution < 1.29 is 44.8 Å². The van der Waals surface area contributed by atoms with Crippen molar-refractivity contribution in [2.24, 2.45) is 0 Å². The van der Waals surface area contributed by atoms with Crippen molar-refractivity contribution in [3.8, 4) is 11.8 Å². The van der Waals surface area contributed by atoms with Crippen molar-refractivity contribution in [1.82, 2.24) is 0 Å². The van der Waals surface area contributed by atoms with E-state index in [0.29, 0.717) is 0 Å². The summed E-state index contributed by atoms with van der Waals surface area (Å²) in [4.78, 5) is 0. The monoisotopic (exact) mass is 1090 g/mol. The van der Waals surface area contributed by atoms with E-state index in [4.69, 9.17) is 12.8 Å². The maximum absolute atomic E-state index is 7.46. The first-order valence-corrected chi connectivity index (χ1v) is 23.2. The second-order valence-corrected chi connectivity index (χ2v) is 19.9. The second kappa shape index (κ2) is 22.5. The number of rotatable bonds is 6. The van der Waals surface area contributed by atoms with E-state index in [1.165, 1.54) is 27.1 Å². The van der Waals surface area contributed by atoms with E-state index in [-0.39, 0.29) is 44.8 Å². The van der Waals surface area contributed by atoms with Gasteiger partial charge in [0.1, 0.15) is 37.1 Å². The Morgan fingerprint density at radius 1 is 0.311 bits per heavy atom. The van der Waals surface area contributed by atoms with E-state index in [9.17, 15) is 0 Å². The molecule has 0 nitrogen and oxygen atoms in total. The maximum atomic E-state index is 7.46. The van der Waals surface area contributed by atoms with Gasteiger partial charge in [0.25, 0.3) is 0 Å². The van der Waals surface area contributed by atoms with Gasteiger partial charge >= 0.3 is 44.8 Å². The molecule has 300 valence electrons. The molecule has 0 bridgehead atoms. The van der Waals surface area contributed by atoms with E-state index >= 15 is 0 Å². The van der Waals surface area contributed by atoms with Crippen molar-refractivity contribution in [2.75, 3.05) is 5.90 Å². The molecule has 4 heteroatoms. The average molecular weight is 1090 g/mol. The molecule has 0 aliphatic rings. The third kappa shape index (κ3) is 10.8. The molecule has 0 saturated carbocycles. The van der Waals surface area contributed by atoms with E-state index in [2.05, 4.69) is 170 Å². The van der Waals surface area contributed by atoms with Crippen LogP contribution in [-0.2, 0) is 44.8 Å². The van der Waals surface area contributed by atoms with Gasteiger partial charge in [-0.25, -0.2) is 0 Å². The minimum Gasteiger partial charge on any atom is -0.366 e. The molecule has 0 N–H and O–H groups in total. The fourth-order valence-corrected chi connectivity index (χ4v) is 15.5. The van der Waals surface area contributed by atoms with Crippen LogP contribution >= 0.6 is 15.8 Å². The van der Waals surface area contributed by atoms with Crippen LogP contribution in [0.4, 0.5) is 0 Å². The summed E-state index contributed by atoms with van der Waals surface area (Å²) < 4.78 is 0. The van der Waals surface area contributed by atoms with E-state index in [0.717, 1.165) is 54.2 Å². The zero-order valence-electron chi connectivity index (χ0n) is 33.2. The Bertz CT molecular complexity index is 2650. The summed E-state index contributed by atoms with van der Waals surface area (Å²) in [6, 6.07) is 81.3. The van der Waals surface area contributed by atoms with Crippen molar-refractivity contribution in [3.63, 3.8) is 0 Å². The molecule has 0 aliphatic heterocycles. The summed E-state index contributed by atoms with van der Waals surface area (Å²) in [5.41, 5.74) is 1.77.